The highest BCUT2D eigenvalue weighted by Gasteiger charge is 2.15. The zero-order chi connectivity index (χ0) is 13.0. The summed E-state index contributed by atoms with van der Waals surface area (Å²) in [6.45, 7) is 7.89. The van der Waals surface area contributed by atoms with Crippen LogP contribution in [0.2, 0.25) is 0 Å². The van der Waals surface area contributed by atoms with Crippen molar-refractivity contribution in [3.8, 4) is 0 Å². The molecule has 0 bridgehead atoms. The largest absolute Gasteiger partial charge is 0.380 e. The quantitative estimate of drug-likeness (QED) is 0.862. The van der Waals surface area contributed by atoms with Crippen molar-refractivity contribution in [1.82, 2.24) is 4.98 Å². The molecule has 0 aliphatic heterocycles. The first-order chi connectivity index (χ1) is 8.72. The van der Waals surface area contributed by atoms with E-state index in [1.165, 1.54) is 10.1 Å². The summed E-state index contributed by atoms with van der Waals surface area (Å²) in [5, 5.41) is 6.81. The first-order valence-electron chi connectivity index (χ1n) is 6.39. The van der Waals surface area contributed by atoms with Crippen LogP contribution < -0.4 is 5.32 Å². The van der Waals surface area contributed by atoms with Gasteiger partial charge in [0.25, 0.3) is 0 Å². The molecule has 0 spiro atoms. The van der Waals surface area contributed by atoms with Crippen LogP contribution in [-0.2, 0) is 4.74 Å². The average molecular weight is 264 g/mol. The third-order valence-electron chi connectivity index (χ3n) is 3.01. The molecule has 0 radical (unpaired) electrons. The molecule has 1 N–H and O–H groups in total. The van der Waals surface area contributed by atoms with Gasteiger partial charge in [0, 0.05) is 22.9 Å². The number of nitrogens with one attached hydrogen (secondary N) is 1. The molecule has 2 heterocycles. The number of anilines is 1. The van der Waals surface area contributed by atoms with Crippen LogP contribution in [0.4, 0.5) is 5.82 Å². The average Bonchev–Trinajstić information content (AvgIpc) is 2.83. The SMILES string of the molecule is CCOCC(Nc1nccc2sccc12)C(C)C. The van der Waals surface area contributed by atoms with Crippen LogP contribution in [0, 0.1) is 5.92 Å². The molecular formula is C14H20N2OS. The molecule has 1 unspecified atom stereocenters. The van der Waals surface area contributed by atoms with Gasteiger partial charge in [-0.25, -0.2) is 4.98 Å². The van der Waals surface area contributed by atoms with Crippen molar-refractivity contribution in [1.29, 1.82) is 0 Å². The van der Waals surface area contributed by atoms with Gasteiger partial charge in [-0.15, -0.1) is 11.3 Å². The minimum atomic E-state index is 0.294. The van der Waals surface area contributed by atoms with E-state index in [1.807, 2.05) is 13.1 Å². The highest BCUT2D eigenvalue weighted by atomic mass is 32.1. The summed E-state index contributed by atoms with van der Waals surface area (Å²) < 4.78 is 6.80. The molecule has 0 saturated carbocycles. The first kappa shape index (κ1) is 13.3. The van der Waals surface area contributed by atoms with Crippen molar-refractivity contribution in [2.75, 3.05) is 18.5 Å². The molecule has 0 aromatic carbocycles. The molecule has 2 aromatic rings. The maximum absolute atomic E-state index is 5.54. The van der Waals surface area contributed by atoms with Crippen LogP contribution in [0.1, 0.15) is 20.8 Å². The van der Waals surface area contributed by atoms with E-state index in [1.54, 1.807) is 11.3 Å². The van der Waals surface area contributed by atoms with E-state index >= 15 is 0 Å². The zero-order valence-electron chi connectivity index (χ0n) is 11.1. The predicted molar refractivity (Wildman–Crippen MR) is 78.4 cm³/mol. The minimum Gasteiger partial charge on any atom is -0.380 e. The van der Waals surface area contributed by atoms with Crippen LogP contribution in [0.3, 0.4) is 0 Å². The van der Waals surface area contributed by atoms with E-state index in [9.17, 15) is 0 Å². The van der Waals surface area contributed by atoms with Crippen molar-refractivity contribution in [2.45, 2.75) is 26.8 Å². The molecular weight excluding hydrogens is 244 g/mol. The molecule has 4 heteroatoms. The summed E-state index contributed by atoms with van der Waals surface area (Å²) in [5.74, 6) is 1.47. The lowest BCUT2D eigenvalue weighted by Crippen LogP contribution is -2.31. The normalized spacial score (nSPS) is 13.1. The van der Waals surface area contributed by atoms with Crippen LogP contribution >= 0.6 is 11.3 Å². The molecule has 0 saturated heterocycles. The van der Waals surface area contributed by atoms with Crippen LogP contribution in [0.5, 0.6) is 0 Å². The summed E-state index contributed by atoms with van der Waals surface area (Å²) in [6.07, 6.45) is 1.86. The Balaban J connectivity index is 2.17. The monoisotopic (exact) mass is 264 g/mol. The smallest absolute Gasteiger partial charge is 0.134 e. The van der Waals surface area contributed by atoms with Gasteiger partial charge in [0.2, 0.25) is 0 Å². The van der Waals surface area contributed by atoms with Gasteiger partial charge >= 0.3 is 0 Å². The number of thiophene rings is 1. The number of ether oxygens (including phenoxy) is 1. The molecule has 0 aliphatic rings. The van der Waals surface area contributed by atoms with Crippen molar-refractivity contribution in [3.05, 3.63) is 23.7 Å². The second-order valence-electron chi connectivity index (χ2n) is 4.65. The Morgan fingerprint density at radius 3 is 2.94 bits per heavy atom. The minimum absolute atomic E-state index is 0.294. The number of nitrogens with zero attached hydrogens (tertiary/aromatic N) is 1. The van der Waals surface area contributed by atoms with E-state index in [4.69, 9.17) is 4.74 Å². The van der Waals surface area contributed by atoms with Crippen molar-refractivity contribution in [2.24, 2.45) is 5.92 Å². The van der Waals surface area contributed by atoms with Crippen molar-refractivity contribution >= 4 is 27.2 Å². The predicted octanol–water partition coefficient (Wildman–Crippen LogP) is 3.77. The molecule has 0 fully saturated rings. The maximum Gasteiger partial charge on any atom is 0.134 e. The summed E-state index contributed by atoms with van der Waals surface area (Å²) in [5.41, 5.74) is 0. The van der Waals surface area contributed by atoms with Crippen LogP contribution in [0.15, 0.2) is 23.7 Å². The Morgan fingerprint density at radius 1 is 1.39 bits per heavy atom. The first-order valence-corrected chi connectivity index (χ1v) is 7.26. The third kappa shape index (κ3) is 3.00. The van der Waals surface area contributed by atoms with E-state index in [0.717, 1.165) is 19.0 Å². The van der Waals surface area contributed by atoms with Gasteiger partial charge in [-0.1, -0.05) is 13.8 Å². The summed E-state index contributed by atoms with van der Waals surface area (Å²) in [7, 11) is 0. The Labute approximate surface area is 112 Å². The fraction of sp³-hybridized carbons (Fsp3) is 0.500. The van der Waals surface area contributed by atoms with Crippen LogP contribution in [0.25, 0.3) is 10.1 Å². The van der Waals surface area contributed by atoms with Gasteiger partial charge < -0.3 is 10.1 Å². The number of hydrogen-bond donors (Lipinski definition) is 1. The van der Waals surface area contributed by atoms with E-state index < -0.39 is 0 Å². The molecule has 1 atom stereocenters. The van der Waals surface area contributed by atoms with Crippen molar-refractivity contribution < 1.29 is 4.74 Å². The van der Waals surface area contributed by atoms with Gasteiger partial charge in [0.15, 0.2) is 0 Å². The van der Waals surface area contributed by atoms with E-state index in [2.05, 4.69) is 41.7 Å². The Kier molecular flexibility index (Phi) is 4.55. The topological polar surface area (TPSA) is 34.1 Å². The van der Waals surface area contributed by atoms with Gasteiger partial charge in [-0.2, -0.15) is 0 Å². The molecule has 18 heavy (non-hydrogen) atoms. The number of fused-ring (bicyclic) bond motifs is 1. The number of rotatable bonds is 6. The number of hydrogen-bond acceptors (Lipinski definition) is 4. The van der Waals surface area contributed by atoms with Gasteiger partial charge in [0.1, 0.15) is 5.82 Å². The Morgan fingerprint density at radius 2 is 2.22 bits per heavy atom. The third-order valence-corrected chi connectivity index (χ3v) is 3.89. The lowest BCUT2D eigenvalue weighted by molar-refractivity contribution is 0.126. The van der Waals surface area contributed by atoms with Gasteiger partial charge in [0.05, 0.1) is 12.6 Å². The Hall–Kier alpha value is -1.13. The summed E-state index contributed by atoms with van der Waals surface area (Å²) >= 11 is 1.74. The van der Waals surface area contributed by atoms with E-state index in [0.29, 0.717) is 12.0 Å². The summed E-state index contributed by atoms with van der Waals surface area (Å²) in [4.78, 5) is 4.45. The molecule has 0 amide bonds. The van der Waals surface area contributed by atoms with Gasteiger partial charge in [-0.05, 0) is 30.4 Å². The molecule has 98 valence electrons. The molecule has 2 rings (SSSR count). The van der Waals surface area contributed by atoms with Crippen molar-refractivity contribution in [3.63, 3.8) is 0 Å². The fourth-order valence-electron chi connectivity index (χ4n) is 1.83. The number of aromatic nitrogens is 1. The second kappa shape index (κ2) is 6.16. The lowest BCUT2D eigenvalue weighted by atomic mass is 10.1. The highest BCUT2D eigenvalue weighted by Crippen LogP contribution is 2.26. The van der Waals surface area contributed by atoms with E-state index in [-0.39, 0.29) is 0 Å². The molecule has 0 aliphatic carbocycles. The zero-order valence-corrected chi connectivity index (χ0v) is 12.0. The lowest BCUT2D eigenvalue weighted by Gasteiger charge is -2.23. The number of pyridine rings is 1. The van der Waals surface area contributed by atoms with Crippen LogP contribution in [-0.4, -0.2) is 24.2 Å². The molecule has 3 nitrogen and oxygen atoms in total. The maximum atomic E-state index is 5.54. The Bertz CT molecular complexity index is 495. The highest BCUT2D eigenvalue weighted by molar-refractivity contribution is 7.17. The fourth-order valence-corrected chi connectivity index (χ4v) is 2.61. The van der Waals surface area contributed by atoms with Gasteiger partial charge in [-0.3, -0.25) is 0 Å². The standard InChI is InChI=1S/C14H20N2OS/c1-4-17-9-12(10(2)3)16-14-11-6-8-18-13(11)5-7-15-14/h5-8,10,12H,4,9H2,1-3H3,(H,15,16). The molecule has 2 aromatic heterocycles. The summed E-state index contributed by atoms with van der Waals surface area (Å²) in [6, 6.07) is 4.47. The second-order valence-corrected chi connectivity index (χ2v) is 5.59.